The maximum atomic E-state index is 12.7. The maximum Gasteiger partial charge on any atom is 0.416 e. The Labute approximate surface area is 119 Å². The highest BCUT2D eigenvalue weighted by atomic mass is 32.1. The summed E-state index contributed by atoms with van der Waals surface area (Å²) in [6.45, 7) is 5.60. The van der Waals surface area contributed by atoms with Crippen molar-refractivity contribution in [1.29, 1.82) is 0 Å². The zero-order valence-corrected chi connectivity index (χ0v) is 12.2. The number of benzene rings is 1. The van der Waals surface area contributed by atoms with Crippen LogP contribution in [0.2, 0.25) is 0 Å². The lowest BCUT2D eigenvalue weighted by Crippen LogP contribution is -2.10. The van der Waals surface area contributed by atoms with Crippen LogP contribution in [0.25, 0.3) is 0 Å². The van der Waals surface area contributed by atoms with Gasteiger partial charge in [-0.3, -0.25) is 0 Å². The lowest BCUT2D eigenvalue weighted by atomic mass is 10.1. The van der Waals surface area contributed by atoms with Gasteiger partial charge in [0.15, 0.2) is 0 Å². The van der Waals surface area contributed by atoms with Gasteiger partial charge >= 0.3 is 6.18 Å². The molecule has 0 radical (unpaired) electrons. The van der Waals surface area contributed by atoms with E-state index in [1.807, 2.05) is 13.8 Å². The molecule has 0 amide bonds. The number of aromatic nitrogens is 1. The number of nitrogens with zero attached hydrogens (tertiary/aromatic N) is 1. The summed E-state index contributed by atoms with van der Waals surface area (Å²) in [5.41, 5.74) is 3.28. The maximum absolute atomic E-state index is 12.7. The minimum atomic E-state index is -4.33. The fourth-order valence-corrected chi connectivity index (χ4v) is 2.79. The molecule has 0 aliphatic carbocycles. The molecular weight excluding hydrogens is 285 g/mol. The molecule has 0 saturated carbocycles. The fraction of sp³-hybridized carbons (Fsp3) is 0.357. The number of rotatable bonds is 3. The molecule has 0 aliphatic rings. The number of hydrogen-bond donors (Lipinski definition) is 1. The van der Waals surface area contributed by atoms with Gasteiger partial charge in [-0.15, -0.1) is 11.3 Å². The van der Waals surface area contributed by atoms with E-state index in [1.165, 1.54) is 17.4 Å². The monoisotopic (exact) mass is 300 g/mol. The third-order valence-electron chi connectivity index (χ3n) is 3.11. The van der Waals surface area contributed by atoms with Crippen molar-refractivity contribution in [3.8, 4) is 0 Å². The molecule has 1 aromatic carbocycles. The normalized spacial score (nSPS) is 13.3. The van der Waals surface area contributed by atoms with E-state index in [1.54, 1.807) is 12.4 Å². The van der Waals surface area contributed by atoms with Crippen molar-refractivity contribution < 1.29 is 13.2 Å². The molecule has 0 fully saturated rings. The van der Waals surface area contributed by atoms with E-state index < -0.39 is 11.7 Å². The first-order chi connectivity index (χ1) is 9.29. The predicted molar refractivity (Wildman–Crippen MR) is 75.1 cm³/mol. The molecule has 0 spiro atoms. The highest BCUT2D eigenvalue weighted by molar-refractivity contribution is 7.09. The molecule has 1 atom stereocenters. The molecule has 1 N–H and O–H groups in total. The first-order valence-corrected chi connectivity index (χ1v) is 7.01. The molecule has 20 heavy (non-hydrogen) atoms. The minimum absolute atomic E-state index is 0.0790. The van der Waals surface area contributed by atoms with E-state index in [0.717, 1.165) is 28.3 Å². The highest BCUT2D eigenvalue weighted by Gasteiger charge is 2.30. The van der Waals surface area contributed by atoms with Gasteiger partial charge in [-0.2, -0.15) is 13.2 Å². The summed E-state index contributed by atoms with van der Waals surface area (Å²) < 4.78 is 38.2. The van der Waals surface area contributed by atoms with E-state index in [-0.39, 0.29) is 6.04 Å². The lowest BCUT2D eigenvalue weighted by molar-refractivity contribution is -0.137. The van der Waals surface area contributed by atoms with E-state index >= 15 is 0 Å². The van der Waals surface area contributed by atoms with Crippen molar-refractivity contribution in [2.45, 2.75) is 33.0 Å². The van der Waals surface area contributed by atoms with Gasteiger partial charge < -0.3 is 5.32 Å². The summed E-state index contributed by atoms with van der Waals surface area (Å²) in [7, 11) is 0. The van der Waals surface area contributed by atoms with Crippen LogP contribution in [0.15, 0.2) is 23.7 Å². The van der Waals surface area contributed by atoms with Crippen molar-refractivity contribution in [3.63, 3.8) is 0 Å². The van der Waals surface area contributed by atoms with Gasteiger partial charge in [-0.25, -0.2) is 4.98 Å². The minimum Gasteiger partial charge on any atom is -0.377 e. The Morgan fingerprint density at radius 1 is 1.25 bits per heavy atom. The van der Waals surface area contributed by atoms with Crippen LogP contribution in [0.3, 0.4) is 0 Å². The van der Waals surface area contributed by atoms with Crippen LogP contribution >= 0.6 is 11.3 Å². The number of aryl methyl sites for hydroxylation is 2. The van der Waals surface area contributed by atoms with E-state index in [2.05, 4.69) is 10.3 Å². The Morgan fingerprint density at radius 3 is 2.50 bits per heavy atom. The second-order valence-electron chi connectivity index (χ2n) is 4.70. The molecule has 6 heteroatoms. The van der Waals surface area contributed by atoms with E-state index in [9.17, 15) is 13.2 Å². The summed E-state index contributed by atoms with van der Waals surface area (Å²) in [6, 6.07) is 3.66. The summed E-state index contributed by atoms with van der Waals surface area (Å²) in [4.78, 5) is 5.19. The standard InChI is InChI=1S/C14H15F3N2S/c1-8-4-5-11(14(15,16)17)6-12(8)19-10(3)13-9(2)18-7-20-13/h4-7,10,19H,1-3H3. The molecule has 2 aromatic rings. The van der Waals surface area contributed by atoms with Crippen molar-refractivity contribution in [2.75, 3.05) is 5.32 Å². The topological polar surface area (TPSA) is 24.9 Å². The molecular formula is C14H15F3N2S. The van der Waals surface area contributed by atoms with Gasteiger partial charge in [0.25, 0.3) is 0 Å². The fourth-order valence-electron chi connectivity index (χ4n) is 1.98. The number of halogens is 3. The molecule has 0 bridgehead atoms. The quantitative estimate of drug-likeness (QED) is 0.867. The number of nitrogens with one attached hydrogen (secondary N) is 1. The van der Waals surface area contributed by atoms with Crippen LogP contribution in [0.4, 0.5) is 18.9 Å². The molecule has 108 valence electrons. The van der Waals surface area contributed by atoms with Crippen molar-refractivity contribution in [3.05, 3.63) is 45.4 Å². The average molecular weight is 300 g/mol. The highest BCUT2D eigenvalue weighted by Crippen LogP contribution is 2.33. The SMILES string of the molecule is Cc1ccc(C(F)(F)F)cc1NC(C)c1scnc1C. The Bertz CT molecular complexity index is 605. The molecule has 0 aliphatic heterocycles. The van der Waals surface area contributed by atoms with E-state index in [4.69, 9.17) is 0 Å². The first-order valence-electron chi connectivity index (χ1n) is 6.13. The predicted octanol–water partition coefficient (Wildman–Crippen LogP) is 4.95. The van der Waals surface area contributed by atoms with Crippen molar-refractivity contribution >= 4 is 17.0 Å². The third kappa shape index (κ3) is 3.12. The van der Waals surface area contributed by atoms with Gasteiger partial charge in [-0.05, 0) is 38.5 Å². The zero-order chi connectivity index (χ0) is 14.9. The number of hydrogen-bond acceptors (Lipinski definition) is 3. The molecule has 2 nitrogen and oxygen atoms in total. The third-order valence-corrected chi connectivity index (χ3v) is 4.23. The van der Waals surface area contributed by atoms with Crippen LogP contribution in [0.5, 0.6) is 0 Å². The first kappa shape index (κ1) is 14.8. The molecule has 1 heterocycles. The Hall–Kier alpha value is -1.56. The van der Waals surface area contributed by atoms with Crippen LogP contribution < -0.4 is 5.32 Å². The molecule has 2 rings (SSSR count). The smallest absolute Gasteiger partial charge is 0.377 e. The average Bonchev–Trinajstić information content (AvgIpc) is 2.77. The van der Waals surface area contributed by atoms with Gasteiger partial charge in [-0.1, -0.05) is 6.07 Å². The Balaban J connectivity index is 2.27. The van der Waals surface area contributed by atoms with Gasteiger partial charge in [0.05, 0.1) is 22.8 Å². The lowest BCUT2D eigenvalue weighted by Gasteiger charge is -2.18. The Morgan fingerprint density at radius 2 is 1.95 bits per heavy atom. The number of thiazole rings is 1. The number of alkyl halides is 3. The van der Waals surface area contributed by atoms with Crippen LogP contribution in [0, 0.1) is 13.8 Å². The van der Waals surface area contributed by atoms with E-state index in [0.29, 0.717) is 5.69 Å². The van der Waals surface area contributed by atoms with Gasteiger partial charge in [0, 0.05) is 10.6 Å². The van der Waals surface area contributed by atoms with Crippen LogP contribution in [0.1, 0.15) is 34.7 Å². The second kappa shape index (κ2) is 5.44. The summed E-state index contributed by atoms with van der Waals surface area (Å²) in [6.07, 6.45) is -4.33. The Kier molecular flexibility index (Phi) is 4.04. The molecule has 1 aromatic heterocycles. The molecule has 0 saturated heterocycles. The zero-order valence-electron chi connectivity index (χ0n) is 11.4. The van der Waals surface area contributed by atoms with Crippen molar-refractivity contribution in [1.82, 2.24) is 4.98 Å². The number of anilines is 1. The molecule has 1 unspecified atom stereocenters. The summed E-state index contributed by atoms with van der Waals surface area (Å²) >= 11 is 1.50. The van der Waals surface area contributed by atoms with Crippen LogP contribution in [-0.2, 0) is 6.18 Å². The second-order valence-corrected chi connectivity index (χ2v) is 5.58. The summed E-state index contributed by atoms with van der Waals surface area (Å²) in [5.74, 6) is 0. The summed E-state index contributed by atoms with van der Waals surface area (Å²) in [5, 5.41) is 3.14. The largest absolute Gasteiger partial charge is 0.416 e. The van der Waals surface area contributed by atoms with Crippen molar-refractivity contribution in [2.24, 2.45) is 0 Å². The van der Waals surface area contributed by atoms with Gasteiger partial charge in [0.2, 0.25) is 0 Å². The van der Waals surface area contributed by atoms with Crippen LogP contribution in [-0.4, -0.2) is 4.98 Å². The van der Waals surface area contributed by atoms with Gasteiger partial charge in [0.1, 0.15) is 0 Å².